The lowest BCUT2D eigenvalue weighted by Gasteiger charge is -2.14. The molecule has 6 rings (SSSR count). The first kappa shape index (κ1) is 27.4. The standard InChI is InChI=1S/C31H25F3N6OS/c1-19(2)25-6-4-5-7-27(25)40-20(3)17-42-30(40)37-28-15-9-21-16-22(8-14-26(21)36-28)29-35-18-39(38-29)23-10-12-24(13-11-23)41-31(32,33)34/h4-19H,1-3H3. The van der Waals surface area contributed by atoms with E-state index in [1.165, 1.54) is 40.8 Å². The normalized spacial score (nSPS) is 12.4. The zero-order chi connectivity index (χ0) is 29.4. The maximum Gasteiger partial charge on any atom is 0.573 e. The Labute approximate surface area is 243 Å². The molecule has 0 aliphatic rings. The molecular formula is C31H25F3N6OS. The summed E-state index contributed by atoms with van der Waals surface area (Å²) in [4.78, 5) is 14.9. The third-order valence-electron chi connectivity index (χ3n) is 6.65. The number of hydrogen-bond donors (Lipinski definition) is 0. The van der Waals surface area contributed by atoms with Gasteiger partial charge < -0.3 is 4.74 Å². The summed E-state index contributed by atoms with van der Waals surface area (Å²) >= 11 is 1.58. The molecule has 0 atom stereocenters. The topological polar surface area (TPSA) is 70.1 Å². The monoisotopic (exact) mass is 586 g/mol. The van der Waals surface area contributed by atoms with E-state index in [0.29, 0.717) is 23.2 Å². The second-order valence-electron chi connectivity index (χ2n) is 9.95. The number of pyridine rings is 1. The van der Waals surface area contributed by atoms with Crippen LogP contribution in [0.4, 0.5) is 19.0 Å². The molecule has 0 spiro atoms. The third kappa shape index (κ3) is 5.68. The lowest BCUT2D eigenvalue weighted by atomic mass is 10.0. The highest BCUT2D eigenvalue weighted by molar-refractivity contribution is 7.07. The Morgan fingerprint density at radius 3 is 2.50 bits per heavy atom. The number of aromatic nitrogens is 5. The molecule has 0 unspecified atom stereocenters. The molecule has 212 valence electrons. The summed E-state index contributed by atoms with van der Waals surface area (Å²) in [6.45, 7) is 6.45. The van der Waals surface area contributed by atoms with Crippen LogP contribution in [0.5, 0.6) is 5.75 Å². The number of benzene rings is 3. The van der Waals surface area contributed by atoms with Crippen LogP contribution in [0.15, 0.2) is 95.6 Å². The summed E-state index contributed by atoms with van der Waals surface area (Å²) in [6, 6.07) is 23.4. The number of fused-ring (bicyclic) bond motifs is 1. The molecule has 0 N–H and O–H groups in total. The Morgan fingerprint density at radius 2 is 1.74 bits per heavy atom. The fourth-order valence-electron chi connectivity index (χ4n) is 4.68. The summed E-state index contributed by atoms with van der Waals surface area (Å²) in [5.74, 6) is 1.14. The van der Waals surface area contributed by atoms with Crippen LogP contribution in [0.2, 0.25) is 0 Å². The summed E-state index contributed by atoms with van der Waals surface area (Å²) in [5.41, 5.74) is 5.59. The van der Waals surface area contributed by atoms with Gasteiger partial charge in [0.1, 0.15) is 12.1 Å². The van der Waals surface area contributed by atoms with Crippen molar-refractivity contribution in [3.63, 3.8) is 0 Å². The molecule has 3 aromatic heterocycles. The van der Waals surface area contributed by atoms with E-state index >= 15 is 0 Å². The highest BCUT2D eigenvalue weighted by Crippen LogP contribution is 2.27. The number of alkyl halides is 3. The number of halogens is 3. The highest BCUT2D eigenvalue weighted by atomic mass is 32.1. The van der Waals surface area contributed by atoms with Gasteiger partial charge in [-0.25, -0.2) is 19.6 Å². The first-order valence-corrected chi connectivity index (χ1v) is 14.0. The van der Waals surface area contributed by atoms with Crippen molar-refractivity contribution in [3.8, 4) is 28.5 Å². The number of para-hydroxylation sites is 1. The quantitative estimate of drug-likeness (QED) is 0.199. The number of rotatable bonds is 6. The van der Waals surface area contributed by atoms with Crippen LogP contribution in [0.3, 0.4) is 0 Å². The zero-order valence-electron chi connectivity index (χ0n) is 22.9. The molecule has 3 aromatic carbocycles. The summed E-state index contributed by atoms with van der Waals surface area (Å²) < 4.78 is 44.9. The Balaban J connectivity index is 1.28. The van der Waals surface area contributed by atoms with Crippen LogP contribution in [0.25, 0.3) is 33.7 Å². The van der Waals surface area contributed by atoms with Crippen molar-refractivity contribution in [2.75, 3.05) is 0 Å². The lowest BCUT2D eigenvalue weighted by molar-refractivity contribution is -0.274. The van der Waals surface area contributed by atoms with Crippen LogP contribution in [-0.2, 0) is 0 Å². The van der Waals surface area contributed by atoms with Gasteiger partial charge in [-0.2, -0.15) is 0 Å². The first-order chi connectivity index (χ1) is 20.1. The number of hydrogen-bond acceptors (Lipinski definition) is 6. The van der Waals surface area contributed by atoms with Crippen molar-refractivity contribution < 1.29 is 17.9 Å². The Kier molecular flexibility index (Phi) is 7.11. The number of thiazole rings is 1. The molecule has 42 heavy (non-hydrogen) atoms. The van der Waals surface area contributed by atoms with Crippen LogP contribution in [0.1, 0.15) is 31.0 Å². The largest absolute Gasteiger partial charge is 0.573 e. The van der Waals surface area contributed by atoms with Crippen molar-refractivity contribution in [3.05, 3.63) is 107 Å². The Bertz CT molecular complexity index is 1950. The van der Waals surface area contributed by atoms with Gasteiger partial charge in [0.25, 0.3) is 0 Å². The molecule has 11 heteroatoms. The maximum absolute atomic E-state index is 12.4. The third-order valence-corrected chi connectivity index (χ3v) is 7.59. The van der Waals surface area contributed by atoms with Crippen molar-refractivity contribution in [2.45, 2.75) is 33.1 Å². The van der Waals surface area contributed by atoms with Gasteiger partial charge in [0.05, 0.1) is 16.9 Å². The van der Waals surface area contributed by atoms with E-state index in [0.717, 1.165) is 32.6 Å². The minimum Gasteiger partial charge on any atom is -0.406 e. The lowest BCUT2D eigenvalue weighted by Crippen LogP contribution is -2.17. The molecule has 0 aliphatic heterocycles. The van der Waals surface area contributed by atoms with Gasteiger partial charge in [-0.3, -0.25) is 4.57 Å². The molecule has 3 heterocycles. The van der Waals surface area contributed by atoms with E-state index in [-0.39, 0.29) is 5.75 Å². The van der Waals surface area contributed by atoms with Crippen molar-refractivity contribution in [1.29, 1.82) is 0 Å². The number of nitrogens with zero attached hydrogens (tertiary/aromatic N) is 6. The van der Waals surface area contributed by atoms with Crippen molar-refractivity contribution in [1.82, 2.24) is 24.3 Å². The minimum absolute atomic E-state index is 0.302. The van der Waals surface area contributed by atoms with Gasteiger partial charge in [0.15, 0.2) is 16.4 Å². The second-order valence-corrected chi connectivity index (χ2v) is 10.8. The minimum atomic E-state index is -4.74. The number of aryl methyl sites for hydroxylation is 1. The molecule has 0 bridgehead atoms. The van der Waals surface area contributed by atoms with E-state index in [2.05, 4.69) is 63.7 Å². The smallest absolute Gasteiger partial charge is 0.406 e. The average Bonchev–Trinajstić information content (AvgIpc) is 3.59. The molecule has 0 radical (unpaired) electrons. The summed E-state index contributed by atoms with van der Waals surface area (Å²) in [6.07, 6.45) is -3.23. The highest BCUT2D eigenvalue weighted by Gasteiger charge is 2.31. The predicted octanol–water partition coefficient (Wildman–Crippen LogP) is 7.90. The Hall–Kier alpha value is -4.77. The van der Waals surface area contributed by atoms with Gasteiger partial charge in [-0.15, -0.1) is 29.6 Å². The van der Waals surface area contributed by atoms with Gasteiger partial charge >= 0.3 is 6.36 Å². The van der Waals surface area contributed by atoms with Gasteiger partial charge in [0, 0.05) is 22.0 Å². The van der Waals surface area contributed by atoms with E-state index in [9.17, 15) is 13.2 Å². The first-order valence-electron chi connectivity index (χ1n) is 13.1. The van der Waals surface area contributed by atoms with E-state index in [1.807, 2.05) is 36.4 Å². The zero-order valence-corrected chi connectivity index (χ0v) is 23.7. The SMILES string of the molecule is Cc1csc(=Nc2ccc3cc(-c4ncn(-c5ccc(OC(F)(F)F)cc5)n4)ccc3n2)n1-c1ccccc1C(C)C. The fraction of sp³-hybridized carbons (Fsp3) is 0.161. The molecular weight excluding hydrogens is 561 g/mol. The molecule has 7 nitrogen and oxygen atoms in total. The average molecular weight is 587 g/mol. The van der Waals surface area contributed by atoms with Gasteiger partial charge in [0.2, 0.25) is 0 Å². The van der Waals surface area contributed by atoms with Gasteiger partial charge in [-0.1, -0.05) is 32.0 Å². The van der Waals surface area contributed by atoms with Crippen LogP contribution >= 0.6 is 11.3 Å². The number of ether oxygens (including phenoxy) is 1. The fourth-order valence-corrected chi connectivity index (χ4v) is 5.55. The predicted molar refractivity (Wildman–Crippen MR) is 156 cm³/mol. The van der Waals surface area contributed by atoms with E-state index < -0.39 is 6.36 Å². The summed E-state index contributed by atoms with van der Waals surface area (Å²) in [5, 5.41) is 7.49. The van der Waals surface area contributed by atoms with E-state index in [4.69, 9.17) is 9.98 Å². The van der Waals surface area contributed by atoms with Crippen LogP contribution in [-0.4, -0.2) is 30.7 Å². The second kappa shape index (κ2) is 10.9. The molecule has 0 fully saturated rings. The molecule has 0 amide bonds. The van der Waals surface area contributed by atoms with E-state index in [1.54, 1.807) is 11.3 Å². The van der Waals surface area contributed by atoms with Crippen molar-refractivity contribution >= 4 is 28.1 Å². The molecule has 0 saturated carbocycles. The van der Waals surface area contributed by atoms with Crippen LogP contribution < -0.4 is 9.54 Å². The van der Waals surface area contributed by atoms with Crippen molar-refractivity contribution in [2.24, 2.45) is 4.99 Å². The molecule has 6 aromatic rings. The van der Waals surface area contributed by atoms with Crippen LogP contribution in [0, 0.1) is 6.92 Å². The molecule has 0 aliphatic carbocycles. The Morgan fingerprint density at radius 1 is 0.952 bits per heavy atom. The summed E-state index contributed by atoms with van der Waals surface area (Å²) in [7, 11) is 0. The molecule has 0 saturated heterocycles. The maximum atomic E-state index is 12.4. The van der Waals surface area contributed by atoms with Gasteiger partial charge in [-0.05, 0) is 79.1 Å².